The van der Waals surface area contributed by atoms with Gasteiger partial charge in [0, 0.05) is 31.1 Å². The maximum absolute atomic E-state index is 12.3. The summed E-state index contributed by atoms with van der Waals surface area (Å²) >= 11 is 1.81. The Hall–Kier alpha value is -0.910. The summed E-state index contributed by atoms with van der Waals surface area (Å²) in [5, 5.41) is 5.46. The number of nitrogens with zero attached hydrogens (tertiary/aromatic N) is 2. The molecule has 0 spiro atoms. The lowest BCUT2D eigenvalue weighted by atomic mass is 9.93. The molecule has 1 aromatic rings. The van der Waals surface area contributed by atoms with Gasteiger partial charge in [-0.05, 0) is 42.9 Å². The first-order valence-corrected chi connectivity index (χ1v) is 8.44. The molecule has 1 aromatic heterocycles. The zero-order chi connectivity index (χ0) is 15.5. The lowest BCUT2D eigenvalue weighted by molar-refractivity contribution is -0.131. The molecule has 0 aliphatic carbocycles. The fourth-order valence-corrected chi connectivity index (χ4v) is 3.88. The highest BCUT2D eigenvalue weighted by molar-refractivity contribution is 7.10. The van der Waals surface area contributed by atoms with Crippen molar-refractivity contribution >= 4 is 17.2 Å². The van der Waals surface area contributed by atoms with E-state index in [1.807, 2.05) is 16.2 Å². The molecule has 0 radical (unpaired) electrons. The second kappa shape index (κ2) is 6.90. The Kier molecular flexibility index (Phi) is 5.41. The minimum Gasteiger partial charge on any atom is -0.337 e. The highest BCUT2D eigenvalue weighted by atomic mass is 32.1. The van der Waals surface area contributed by atoms with Crippen LogP contribution >= 0.6 is 11.3 Å². The second-order valence-electron chi connectivity index (χ2n) is 6.94. The van der Waals surface area contributed by atoms with E-state index < -0.39 is 0 Å². The van der Waals surface area contributed by atoms with E-state index in [1.54, 1.807) is 0 Å². The summed E-state index contributed by atoms with van der Waals surface area (Å²) in [5.74, 6) is 0.215. The molecule has 0 saturated heterocycles. The van der Waals surface area contributed by atoms with E-state index >= 15 is 0 Å². The molecule has 5 heteroatoms. The molecule has 0 bridgehead atoms. The van der Waals surface area contributed by atoms with E-state index in [-0.39, 0.29) is 11.3 Å². The highest BCUT2D eigenvalue weighted by Crippen LogP contribution is 2.23. The van der Waals surface area contributed by atoms with Crippen LogP contribution in [0, 0.1) is 5.41 Å². The number of hydrogen-bond donors (Lipinski definition) is 1. The summed E-state index contributed by atoms with van der Waals surface area (Å²) in [7, 11) is 4.16. The van der Waals surface area contributed by atoms with Crippen molar-refractivity contribution in [2.24, 2.45) is 5.41 Å². The van der Waals surface area contributed by atoms with Gasteiger partial charge in [0.05, 0.1) is 6.54 Å². The first kappa shape index (κ1) is 16.5. The van der Waals surface area contributed by atoms with Gasteiger partial charge in [-0.1, -0.05) is 13.8 Å². The minimum absolute atomic E-state index is 0.173. The van der Waals surface area contributed by atoms with Gasteiger partial charge in [0.15, 0.2) is 0 Å². The van der Waals surface area contributed by atoms with Gasteiger partial charge < -0.3 is 15.1 Å². The average Bonchev–Trinajstić information content (AvgIpc) is 2.83. The second-order valence-corrected chi connectivity index (χ2v) is 7.94. The van der Waals surface area contributed by atoms with Gasteiger partial charge in [0.2, 0.25) is 5.91 Å². The third-order valence-electron chi connectivity index (χ3n) is 3.78. The molecule has 0 fully saturated rings. The van der Waals surface area contributed by atoms with Gasteiger partial charge in [0.1, 0.15) is 0 Å². The molecule has 118 valence electrons. The summed E-state index contributed by atoms with van der Waals surface area (Å²) < 4.78 is 0. The van der Waals surface area contributed by atoms with Gasteiger partial charge in [0.25, 0.3) is 0 Å². The van der Waals surface area contributed by atoms with Crippen molar-refractivity contribution in [3.8, 4) is 0 Å². The first-order chi connectivity index (χ1) is 9.87. The van der Waals surface area contributed by atoms with Crippen molar-refractivity contribution in [2.45, 2.75) is 26.8 Å². The topological polar surface area (TPSA) is 35.6 Å². The van der Waals surface area contributed by atoms with E-state index in [0.717, 1.165) is 32.6 Å². The van der Waals surface area contributed by atoms with Crippen molar-refractivity contribution < 1.29 is 4.79 Å². The van der Waals surface area contributed by atoms with Crippen LogP contribution in [0.15, 0.2) is 11.4 Å². The largest absolute Gasteiger partial charge is 0.337 e. The number of amides is 1. The van der Waals surface area contributed by atoms with E-state index in [9.17, 15) is 4.79 Å². The van der Waals surface area contributed by atoms with Crippen molar-refractivity contribution in [2.75, 3.05) is 40.3 Å². The quantitative estimate of drug-likeness (QED) is 0.870. The van der Waals surface area contributed by atoms with E-state index in [2.05, 4.69) is 49.6 Å². The van der Waals surface area contributed by atoms with Gasteiger partial charge in [-0.3, -0.25) is 4.79 Å². The van der Waals surface area contributed by atoms with E-state index in [1.165, 1.54) is 10.4 Å². The standard InChI is InChI=1S/C16H27N3OS/c1-16(2,12-18(3)4)11-17-9-15(20)19-7-5-14-13(10-19)6-8-21-14/h6,8,17H,5,7,9-12H2,1-4H3. The molecule has 1 N–H and O–H groups in total. The molecule has 0 saturated carbocycles. The molecule has 0 aromatic carbocycles. The van der Waals surface area contributed by atoms with Crippen LogP contribution in [0.4, 0.5) is 0 Å². The lowest BCUT2D eigenvalue weighted by Gasteiger charge is -2.30. The van der Waals surface area contributed by atoms with Crippen LogP contribution in [0.1, 0.15) is 24.3 Å². The fourth-order valence-electron chi connectivity index (χ4n) is 2.99. The minimum atomic E-state index is 0.173. The molecule has 2 heterocycles. The van der Waals surface area contributed by atoms with Crippen molar-refractivity contribution in [3.63, 3.8) is 0 Å². The Morgan fingerprint density at radius 2 is 2.24 bits per heavy atom. The SMILES string of the molecule is CN(C)CC(C)(C)CNCC(=O)N1CCc2sccc2C1. The normalized spacial score (nSPS) is 15.4. The van der Waals surface area contributed by atoms with Crippen LogP contribution in [0.2, 0.25) is 0 Å². The number of nitrogens with one attached hydrogen (secondary N) is 1. The number of rotatable bonds is 6. The van der Waals surface area contributed by atoms with Gasteiger partial charge in [-0.15, -0.1) is 11.3 Å². The predicted octanol–water partition coefficient (Wildman–Crippen LogP) is 1.81. The van der Waals surface area contributed by atoms with Gasteiger partial charge >= 0.3 is 0 Å². The first-order valence-electron chi connectivity index (χ1n) is 7.56. The number of thiophene rings is 1. The predicted molar refractivity (Wildman–Crippen MR) is 88.6 cm³/mol. The van der Waals surface area contributed by atoms with Crippen molar-refractivity contribution in [1.29, 1.82) is 0 Å². The van der Waals surface area contributed by atoms with E-state index in [4.69, 9.17) is 0 Å². The number of carbonyl (C=O) groups is 1. The van der Waals surface area contributed by atoms with Crippen LogP contribution in [-0.2, 0) is 17.8 Å². The number of carbonyl (C=O) groups excluding carboxylic acids is 1. The number of fused-ring (bicyclic) bond motifs is 1. The van der Waals surface area contributed by atoms with Crippen LogP contribution in [0.5, 0.6) is 0 Å². The monoisotopic (exact) mass is 309 g/mol. The molecule has 21 heavy (non-hydrogen) atoms. The molecular formula is C16H27N3OS. The van der Waals surface area contributed by atoms with Crippen LogP contribution in [0.3, 0.4) is 0 Å². The van der Waals surface area contributed by atoms with Crippen molar-refractivity contribution in [1.82, 2.24) is 15.1 Å². The highest BCUT2D eigenvalue weighted by Gasteiger charge is 2.22. The maximum atomic E-state index is 12.3. The third-order valence-corrected chi connectivity index (χ3v) is 4.81. The molecule has 1 amide bonds. The molecule has 0 atom stereocenters. The smallest absolute Gasteiger partial charge is 0.236 e. The Morgan fingerprint density at radius 1 is 1.48 bits per heavy atom. The molecule has 2 rings (SSSR count). The van der Waals surface area contributed by atoms with Crippen LogP contribution in [-0.4, -0.2) is 56.0 Å². The Bertz CT molecular complexity index is 482. The average molecular weight is 309 g/mol. The van der Waals surface area contributed by atoms with E-state index in [0.29, 0.717) is 6.54 Å². The van der Waals surface area contributed by atoms with Gasteiger partial charge in [-0.2, -0.15) is 0 Å². The third kappa shape index (κ3) is 4.80. The maximum Gasteiger partial charge on any atom is 0.236 e. The Balaban J connectivity index is 1.76. The molecule has 1 aliphatic heterocycles. The summed E-state index contributed by atoms with van der Waals surface area (Å²) in [6, 6.07) is 2.15. The Morgan fingerprint density at radius 3 is 2.95 bits per heavy atom. The van der Waals surface area contributed by atoms with Crippen molar-refractivity contribution in [3.05, 3.63) is 21.9 Å². The lowest BCUT2D eigenvalue weighted by Crippen LogP contribution is -2.44. The number of hydrogen-bond acceptors (Lipinski definition) is 4. The molecular weight excluding hydrogens is 282 g/mol. The molecule has 0 unspecified atom stereocenters. The molecule has 1 aliphatic rings. The summed E-state index contributed by atoms with van der Waals surface area (Å²) in [6.45, 7) is 8.39. The fraction of sp³-hybridized carbons (Fsp3) is 0.688. The molecule has 4 nitrogen and oxygen atoms in total. The van der Waals surface area contributed by atoms with Crippen LogP contribution in [0.25, 0.3) is 0 Å². The Labute approximate surface area is 132 Å². The zero-order valence-electron chi connectivity index (χ0n) is 13.6. The van der Waals surface area contributed by atoms with Gasteiger partial charge in [-0.25, -0.2) is 0 Å². The summed E-state index contributed by atoms with van der Waals surface area (Å²) in [6.07, 6.45) is 1.00. The zero-order valence-corrected chi connectivity index (χ0v) is 14.4. The summed E-state index contributed by atoms with van der Waals surface area (Å²) in [5.41, 5.74) is 1.50. The van der Waals surface area contributed by atoms with Crippen LogP contribution < -0.4 is 5.32 Å². The summed E-state index contributed by atoms with van der Waals surface area (Å²) in [4.78, 5) is 17.9.